The number of nitrogens with one attached hydrogen (secondary N) is 1. The van der Waals surface area contributed by atoms with Crippen molar-refractivity contribution < 1.29 is 8.42 Å². The molecule has 0 unspecified atom stereocenters. The summed E-state index contributed by atoms with van der Waals surface area (Å²) in [5.41, 5.74) is 1.30. The monoisotopic (exact) mass is 291 g/mol. The van der Waals surface area contributed by atoms with Crippen molar-refractivity contribution in [3.05, 3.63) is 11.3 Å². The highest BCUT2D eigenvalue weighted by molar-refractivity contribution is 7.89. The van der Waals surface area contributed by atoms with Crippen LogP contribution >= 0.6 is 11.6 Å². The second-order valence-electron chi connectivity index (χ2n) is 4.85. The van der Waals surface area contributed by atoms with Gasteiger partial charge in [-0.15, -0.1) is 11.6 Å². The van der Waals surface area contributed by atoms with E-state index in [1.807, 2.05) is 0 Å². The first-order chi connectivity index (χ1) is 8.46. The van der Waals surface area contributed by atoms with Gasteiger partial charge in [0, 0.05) is 24.3 Å². The fourth-order valence-electron chi connectivity index (χ4n) is 2.15. The maximum Gasteiger partial charge on any atom is 0.262 e. The van der Waals surface area contributed by atoms with E-state index in [2.05, 4.69) is 17.1 Å². The SMILES string of the molecule is Cc1[nH]nc(S(=O)(=O)N2CCC(C)CC2)c1CCl. The van der Waals surface area contributed by atoms with Gasteiger partial charge in [0.2, 0.25) is 0 Å². The molecule has 18 heavy (non-hydrogen) atoms. The smallest absolute Gasteiger partial charge is 0.262 e. The van der Waals surface area contributed by atoms with Gasteiger partial charge in [0.1, 0.15) is 0 Å². The minimum absolute atomic E-state index is 0.0875. The number of rotatable bonds is 3. The Kier molecular flexibility index (Phi) is 3.99. The van der Waals surface area contributed by atoms with Gasteiger partial charge in [0.15, 0.2) is 5.03 Å². The zero-order chi connectivity index (χ0) is 13.3. The molecule has 1 aliphatic rings. The van der Waals surface area contributed by atoms with Gasteiger partial charge in [0.25, 0.3) is 10.0 Å². The number of piperidine rings is 1. The molecule has 1 saturated heterocycles. The number of halogens is 1. The second kappa shape index (κ2) is 5.19. The number of nitrogens with zero attached hydrogens (tertiary/aromatic N) is 2. The summed E-state index contributed by atoms with van der Waals surface area (Å²) >= 11 is 5.80. The summed E-state index contributed by atoms with van der Waals surface area (Å²) in [6, 6.07) is 0. The molecule has 1 N–H and O–H groups in total. The molecule has 7 heteroatoms. The van der Waals surface area contributed by atoms with Gasteiger partial charge in [-0.1, -0.05) is 6.92 Å². The molecular weight excluding hydrogens is 274 g/mol. The number of aromatic amines is 1. The molecule has 102 valence electrons. The van der Waals surface area contributed by atoms with Crippen molar-refractivity contribution in [2.45, 2.75) is 37.6 Å². The average Bonchev–Trinajstić information content (AvgIpc) is 2.71. The van der Waals surface area contributed by atoms with Crippen LogP contribution in [0.15, 0.2) is 5.03 Å². The zero-order valence-electron chi connectivity index (χ0n) is 10.6. The number of hydrogen-bond donors (Lipinski definition) is 1. The van der Waals surface area contributed by atoms with Crippen LogP contribution in [0, 0.1) is 12.8 Å². The molecule has 1 fully saturated rings. The molecule has 0 atom stereocenters. The van der Waals surface area contributed by atoms with Crippen LogP contribution in [0.25, 0.3) is 0 Å². The van der Waals surface area contributed by atoms with Crippen molar-refractivity contribution in [1.82, 2.24) is 14.5 Å². The summed E-state index contributed by atoms with van der Waals surface area (Å²) in [7, 11) is -3.50. The van der Waals surface area contributed by atoms with Gasteiger partial charge >= 0.3 is 0 Å². The number of alkyl halides is 1. The fourth-order valence-corrected chi connectivity index (χ4v) is 4.19. The van der Waals surface area contributed by atoms with Crippen LogP contribution in [0.2, 0.25) is 0 Å². The maximum atomic E-state index is 12.5. The van der Waals surface area contributed by atoms with Gasteiger partial charge in [-0.2, -0.15) is 9.40 Å². The highest BCUT2D eigenvalue weighted by Gasteiger charge is 2.32. The first-order valence-corrected chi connectivity index (χ1v) is 8.04. The highest BCUT2D eigenvalue weighted by atomic mass is 35.5. The summed E-state index contributed by atoms with van der Waals surface area (Å²) in [6.07, 6.45) is 1.80. The first-order valence-electron chi connectivity index (χ1n) is 6.06. The van der Waals surface area contributed by atoms with Crippen LogP contribution in [0.5, 0.6) is 0 Å². The molecule has 0 radical (unpaired) electrons. The van der Waals surface area contributed by atoms with Crippen molar-refractivity contribution in [2.24, 2.45) is 5.92 Å². The van der Waals surface area contributed by atoms with Crippen molar-refractivity contribution in [1.29, 1.82) is 0 Å². The van der Waals surface area contributed by atoms with Gasteiger partial charge in [-0.25, -0.2) is 8.42 Å². The summed E-state index contributed by atoms with van der Waals surface area (Å²) in [4.78, 5) is 0. The Morgan fingerprint density at radius 3 is 2.61 bits per heavy atom. The van der Waals surface area contributed by atoms with E-state index in [0.29, 0.717) is 30.3 Å². The van der Waals surface area contributed by atoms with Crippen molar-refractivity contribution in [3.63, 3.8) is 0 Å². The average molecular weight is 292 g/mol. The van der Waals surface area contributed by atoms with E-state index >= 15 is 0 Å². The molecule has 0 bridgehead atoms. The van der Waals surface area contributed by atoms with E-state index in [9.17, 15) is 8.42 Å². The number of aryl methyl sites for hydroxylation is 1. The fraction of sp³-hybridized carbons (Fsp3) is 0.727. The molecule has 0 aromatic carbocycles. The first kappa shape index (κ1) is 13.8. The number of hydrogen-bond acceptors (Lipinski definition) is 3. The van der Waals surface area contributed by atoms with Gasteiger partial charge < -0.3 is 0 Å². The lowest BCUT2D eigenvalue weighted by atomic mass is 10.0. The van der Waals surface area contributed by atoms with Crippen LogP contribution in [0.4, 0.5) is 0 Å². The Morgan fingerprint density at radius 2 is 2.06 bits per heavy atom. The van der Waals surface area contributed by atoms with Crippen LogP contribution in [0.1, 0.15) is 31.0 Å². The van der Waals surface area contributed by atoms with E-state index in [0.717, 1.165) is 12.8 Å². The number of aromatic nitrogens is 2. The van der Waals surface area contributed by atoms with Gasteiger partial charge in [0.05, 0.1) is 5.88 Å². The number of H-pyrrole nitrogens is 1. The molecular formula is C11H18ClN3O2S. The normalized spacial score (nSPS) is 19.3. The number of sulfonamides is 1. The van der Waals surface area contributed by atoms with Crippen LogP contribution in [-0.2, 0) is 15.9 Å². The van der Waals surface area contributed by atoms with Crippen LogP contribution < -0.4 is 0 Å². The van der Waals surface area contributed by atoms with Crippen molar-refractivity contribution >= 4 is 21.6 Å². The Hall–Kier alpha value is -0.590. The standard InChI is InChI=1S/C11H18ClN3O2S/c1-8-3-5-15(6-4-8)18(16,17)11-10(7-12)9(2)13-14-11/h8H,3-7H2,1-2H3,(H,13,14). The minimum atomic E-state index is -3.50. The molecule has 0 amide bonds. The largest absolute Gasteiger partial charge is 0.281 e. The lowest BCUT2D eigenvalue weighted by Gasteiger charge is -2.28. The quantitative estimate of drug-likeness (QED) is 0.865. The zero-order valence-corrected chi connectivity index (χ0v) is 12.2. The maximum absolute atomic E-state index is 12.5. The summed E-state index contributed by atoms with van der Waals surface area (Å²) in [5.74, 6) is 0.742. The van der Waals surface area contributed by atoms with E-state index < -0.39 is 10.0 Å². The Balaban J connectivity index is 2.30. The summed E-state index contributed by atoms with van der Waals surface area (Å²) in [5, 5.41) is 6.70. The molecule has 1 aromatic rings. The van der Waals surface area contributed by atoms with E-state index in [1.54, 1.807) is 6.92 Å². The molecule has 0 saturated carbocycles. The van der Waals surface area contributed by atoms with Crippen molar-refractivity contribution in [3.8, 4) is 0 Å². The lowest BCUT2D eigenvalue weighted by Crippen LogP contribution is -2.38. The van der Waals surface area contributed by atoms with Gasteiger partial charge in [-0.05, 0) is 25.7 Å². The lowest BCUT2D eigenvalue weighted by molar-refractivity contribution is 0.287. The summed E-state index contributed by atoms with van der Waals surface area (Å²) < 4.78 is 26.5. The molecule has 0 spiro atoms. The predicted molar refractivity (Wildman–Crippen MR) is 70.0 cm³/mol. The Bertz CT molecular complexity index is 518. The topological polar surface area (TPSA) is 66.1 Å². The molecule has 1 aromatic heterocycles. The minimum Gasteiger partial charge on any atom is -0.281 e. The molecule has 1 aliphatic heterocycles. The summed E-state index contributed by atoms with van der Waals surface area (Å²) in [6.45, 7) is 5.06. The van der Waals surface area contributed by atoms with Crippen molar-refractivity contribution in [2.75, 3.05) is 13.1 Å². The van der Waals surface area contributed by atoms with E-state index in [4.69, 9.17) is 11.6 Å². The predicted octanol–water partition coefficient (Wildman–Crippen LogP) is 1.88. The Morgan fingerprint density at radius 1 is 1.44 bits per heavy atom. The second-order valence-corrected chi connectivity index (χ2v) is 6.97. The Labute approximate surface area is 113 Å². The van der Waals surface area contributed by atoms with E-state index in [-0.39, 0.29) is 10.9 Å². The van der Waals surface area contributed by atoms with Crippen LogP contribution in [0.3, 0.4) is 0 Å². The molecule has 2 heterocycles. The third-order valence-corrected chi connectivity index (χ3v) is 5.64. The van der Waals surface area contributed by atoms with Crippen LogP contribution in [-0.4, -0.2) is 36.0 Å². The third-order valence-electron chi connectivity index (χ3n) is 3.50. The van der Waals surface area contributed by atoms with E-state index in [1.165, 1.54) is 4.31 Å². The molecule has 0 aliphatic carbocycles. The third kappa shape index (κ3) is 2.41. The van der Waals surface area contributed by atoms with Gasteiger partial charge in [-0.3, -0.25) is 5.10 Å². The highest BCUT2D eigenvalue weighted by Crippen LogP contribution is 2.26. The molecule has 5 nitrogen and oxygen atoms in total. The molecule has 2 rings (SSSR count).